The van der Waals surface area contributed by atoms with Crippen LogP contribution in [0.5, 0.6) is 0 Å². The van der Waals surface area contributed by atoms with Crippen LogP contribution in [0, 0.1) is 0 Å². The van der Waals surface area contributed by atoms with Gasteiger partial charge in [-0.25, -0.2) is 0 Å². The van der Waals surface area contributed by atoms with Gasteiger partial charge in [0.25, 0.3) is 0 Å². The second kappa shape index (κ2) is 38.6. The maximum atomic E-state index is 12.7. The van der Waals surface area contributed by atoms with E-state index in [4.69, 9.17) is 18.9 Å². The molecule has 2 atom stereocenters. The molecule has 0 bridgehead atoms. The molecule has 0 aliphatic heterocycles. The van der Waals surface area contributed by atoms with Gasteiger partial charge >= 0.3 is 11.9 Å². The second-order valence-corrected chi connectivity index (χ2v) is 16.3. The van der Waals surface area contributed by atoms with Crippen LogP contribution in [0.1, 0.15) is 194 Å². The Bertz CT molecular complexity index is 960. The van der Waals surface area contributed by atoms with Crippen molar-refractivity contribution in [1.29, 1.82) is 0 Å². The highest BCUT2D eigenvalue weighted by molar-refractivity contribution is 5.70. The van der Waals surface area contributed by atoms with Crippen molar-refractivity contribution in [3.8, 4) is 0 Å². The van der Waals surface area contributed by atoms with Crippen molar-refractivity contribution in [2.75, 3.05) is 47.5 Å². The van der Waals surface area contributed by atoms with Crippen molar-refractivity contribution in [1.82, 2.24) is 0 Å². The number of allylic oxidation sites excluding steroid dienone is 4. The minimum Gasteiger partial charge on any atom is -0.545 e. The number of aliphatic carboxylic acids is 1. The number of hydrogen-bond donors (Lipinski definition) is 0. The quantitative estimate of drug-likeness (QED) is 0.0198. The molecule has 0 aliphatic rings. The van der Waals surface area contributed by atoms with Crippen molar-refractivity contribution in [2.24, 2.45) is 0 Å². The standard InChI is InChI=1S/C46H85NO8/c1-6-8-10-12-14-16-17-18-19-20-21-22-23-24-25-26-27-29-31-33-35-37-44(49)55-42(41-54-46(45(50)51)52-39-38-47(3,4)5)40-53-43(48)36-34-32-30-28-15-13-11-9-7-2/h17-18,20-21,42,46H,6-16,19,22-41H2,1-5H3/b18-17-,21-20-. The average Bonchev–Trinajstić information content (AvgIpc) is 3.14. The van der Waals surface area contributed by atoms with E-state index in [1.54, 1.807) is 0 Å². The molecule has 0 amide bonds. The number of carbonyl (C=O) groups excluding carboxylic acids is 3. The molecule has 0 aliphatic carbocycles. The number of unbranched alkanes of at least 4 members (excludes halogenated alkanes) is 22. The molecule has 0 saturated heterocycles. The fourth-order valence-corrected chi connectivity index (χ4v) is 6.15. The number of esters is 2. The number of hydrogen-bond acceptors (Lipinski definition) is 8. The van der Waals surface area contributed by atoms with E-state index in [9.17, 15) is 19.5 Å². The maximum Gasteiger partial charge on any atom is 0.306 e. The zero-order chi connectivity index (χ0) is 40.7. The van der Waals surface area contributed by atoms with Gasteiger partial charge in [0, 0.05) is 12.8 Å². The van der Waals surface area contributed by atoms with E-state index in [-0.39, 0.29) is 32.2 Å². The minimum absolute atomic E-state index is 0.148. The molecule has 0 heterocycles. The molecule has 0 aromatic heterocycles. The summed E-state index contributed by atoms with van der Waals surface area (Å²) in [5.41, 5.74) is 0. The predicted octanol–water partition coefficient (Wildman–Crippen LogP) is 10.3. The van der Waals surface area contributed by atoms with Gasteiger partial charge < -0.3 is 33.3 Å². The van der Waals surface area contributed by atoms with E-state index in [2.05, 4.69) is 38.2 Å². The molecule has 0 aromatic carbocycles. The molecule has 0 spiro atoms. The van der Waals surface area contributed by atoms with Crippen LogP contribution in [0.2, 0.25) is 0 Å². The number of likely N-dealkylation sites (N-methyl/N-ethyl adjacent to an activating group) is 1. The number of carboxylic acids is 1. The average molecular weight is 780 g/mol. The Labute approximate surface area is 337 Å². The van der Waals surface area contributed by atoms with E-state index in [0.717, 1.165) is 51.4 Å². The second-order valence-electron chi connectivity index (χ2n) is 16.3. The van der Waals surface area contributed by atoms with Crippen molar-refractivity contribution in [3.63, 3.8) is 0 Å². The first-order valence-corrected chi connectivity index (χ1v) is 22.5. The molecule has 9 nitrogen and oxygen atoms in total. The summed E-state index contributed by atoms with van der Waals surface area (Å²) >= 11 is 0. The molecular formula is C46H85NO8. The normalized spacial score (nSPS) is 13.1. The summed E-state index contributed by atoms with van der Waals surface area (Å²) in [7, 11) is 5.90. The molecule has 0 rings (SSSR count). The molecular weight excluding hydrogens is 695 g/mol. The highest BCUT2D eigenvalue weighted by Gasteiger charge is 2.21. The third-order valence-corrected chi connectivity index (χ3v) is 9.70. The van der Waals surface area contributed by atoms with Gasteiger partial charge in [-0.1, -0.05) is 160 Å². The van der Waals surface area contributed by atoms with Crippen LogP contribution in [0.4, 0.5) is 0 Å². The summed E-state index contributed by atoms with van der Waals surface area (Å²) in [6.07, 6.45) is 37.8. The van der Waals surface area contributed by atoms with Crippen LogP contribution < -0.4 is 5.11 Å². The van der Waals surface area contributed by atoms with Gasteiger partial charge in [-0.15, -0.1) is 0 Å². The Hall–Kier alpha value is -2.23. The van der Waals surface area contributed by atoms with Gasteiger partial charge in [-0.3, -0.25) is 9.59 Å². The minimum atomic E-state index is -1.62. The lowest BCUT2D eigenvalue weighted by Gasteiger charge is -2.26. The topological polar surface area (TPSA) is 111 Å². The van der Waals surface area contributed by atoms with Gasteiger partial charge in [0.15, 0.2) is 12.4 Å². The van der Waals surface area contributed by atoms with Crippen molar-refractivity contribution < 1.29 is 42.9 Å². The Morgan fingerprint density at radius 2 is 0.982 bits per heavy atom. The first-order chi connectivity index (χ1) is 26.6. The van der Waals surface area contributed by atoms with Crippen LogP contribution in [0.3, 0.4) is 0 Å². The third kappa shape index (κ3) is 39.8. The summed E-state index contributed by atoms with van der Waals surface area (Å²) in [5.74, 6) is -2.29. The predicted molar refractivity (Wildman–Crippen MR) is 223 cm³/mol. The number of carboxylic acid groups (broad SMARTS) is 1. The van der Waals surface area contributed by atoms with Crippen molar-refractivity contribution in [2.45, 2.75) is 206 Å². The largest absolute Gasteiger partial charge is 0.545 e. The molecule has 0 N–H and O–H groups in total. The number of rotatable bonds is 41. The molecule has 55 heavy (non-hydrogen) atoms. The van der Waals surface area contributed by atoms with Gasteiger partial charge in [-0.05, 0) is 44.9 Å². The maximum absolute atomic E-state index is 12.7. The molecule has 9 heteroatoms. The van der Waals surface area contributed by atoms with Crippen LogP contribution in [-0.2, 0) is 33.3 Å². The summed E-state index contributed by atoms with van der Waals surface area (Å²) in [5, 5.41) is 11.7. The highest BCUT2D eigenvalue weighted by Crippen LogP contribution is 2.14. The summed E-state index contributed by atoms with van der Waals surface area (Å²) < 4.78 is 22.5. The smallest absolute Gasteiger partial charge is 0.306 e. The summed E-state index contributed by atoms with van der Waals surface area (Å²) in [4.78, 5) is 36.8. The molecule has 0 aromatic rings. The Balaban J connectivity index is 4.34. The summed E-state index contributed by atoms with van der Waals surface area (Å²) in [6.45, 7) is 4.70. The SMILES string of the molecule is CCCCCCC/C=C\C/C=C\CCCCCCCCCCCC(=O)OC(COC(=O)CCCCCCCCCCC)COC(OCC[N+](C)(C)C)C(=O)[O-]. The van der Waals surface area contributed by atoms with E-state index < -0.39 is 24.3 Å². The molecule has 2 unspecified atom stereocenters. The van der Waals surface area contributed by atoms with Crippen molar-refractivity contribution in [3.05, 3.63) is 24.3 Å². The number of carbonyl (C=O) groups is 3. The van der Waals surface area contributed by atoms with Gasteiger partial charge in [0.2, 0.25) is 0 Å². The third-order valence-electron chi connectivity index (χ3n) is 9.70. The molecule has 0 radical (unpaired) electrons. The zero-order valence-corrected chi connectivity index (χ0v) is 36.3. The molecule has 0 saturated carbocycles. The molecule has 0 fully saturated rings. The van der Waals surface area contributed by atoms with E-state index in [1.165, 1.54) is 109 Å². The number of quaternary nitrogens is 1. The Kier molecular flexibility index (Phi) is 37.1. The number of nitrogens with zero attached hydrogens (tertiary/aromatic N) is 1. The molecule has 322 valence electrons. The lowest BCUT2D eigenvalue weighted by Crippen LogP contribution is -2.44. The van der Waals surface area contributed by atoms with Crippen molar-refractivity contribution >= 4 is 17.9 Å². The van der Waals surface area contributed by atoms with Gasteiger partial charge in [0.05, 0.1) is 40.3 Å². The van der Waals surface area contributed by atoms with E-state index >= 15 is 0 Å². The fraction of sp³-hybridized carbons (Fsp3) is 0.848. The monoisotopic (exact) mass is 780 g/mol. The van der Waals surface area contributed by atoms with Crippen LogP contribution in [0.25, 0.3) is 0 Å². The van der Waals surface area contributed by atoms with Crippen LogP contribution in [0.15, 0.2) is 24.3 Å². The van der Waals surface area contributed by atoms with E-state index in [0.29, 0.717) is 23.9 Å². The van der Waals surface area contributed by atoms with Crippen LogP contribution >= 0.6 is 0 Å². The first-order valence-electron chi connectivity index (χ1n) is 22.5. The Morgan fingerprint density at radius 3 is 1.44 bits per heavy atom. The lowest BCUT2D eigenvalue weighted by atomic mass is 10.1. The van der Waals surface area contributed by atoms with Gasteiger partial charge in [-0.2, -0.15) is 0 Å². The fourth-order valence-electron chi connectivity index (χ4n) is 6.15. The first kappa shape index (κ1) is 52.8. The zero-order valence-electron chi connectivity index (χ0n) is 36.3. The van der Waals surface area contributed by atoms with Crippen LogP contribution in [-0.4, -0.2) is 82.3 Å². The highest BCUT2D eigenvalue weighted by atomic mass is 16.7. The Morgan fingerprint density at radius 1 is 0.545 bits per heavy atom. The van der Waals surface area contributed by atoms with E-state index in [1.807, 2.05) is 21.1 Å². The lowest BCUT2D eigenvalue weighted by molar-refractivity contribution is -0.870. The number of ether oxygens (including phenoxy) is 4. The van der Waals surface area contributed by atoms with Gasteiger partial charge in [0.1, 0.15) is 13.2 Å². The summed E-state index contributed by atoms with van der Waals surface area (Å²) in [6, 6.07) is 0.